The summed E-state index contributed by atoms with van der Waals surface area (Å²) in [5, 5.41) is 22.3. The minimum absolute atomic E-state index is 0.125. The molecule has 19 heavy (non-hydrogen) atoms. The van der Waals surface area contributed by atoms with Crippen molar-refractivity contribution in [3.05, 3.63) is 33.9 Å². The number of nitrogens with zero attached hydrogens (tertiary/aromatic N) is 1. The standard InChI is InChI=1S/C12H16N2O5/c1-3-8(7-15)13-12(16)10-5-4-9(14(17)18)6-11(10)19-2/h4-6,8,15H,3,7H2,1-2H3,(H,13,16)/t8-/m0/s1. The van der Waals surface area contributed by atoms with Crippen LogP contribution in [-0.2, 0) is 0 Å². The van der Waals surface area contributed by atoms with Crippen LogP contribution >= 0.6 is 0 Å². The molecule has 1 rings (SSSR count). The number of nitrogens with one attached hydrogen (secondary N) is 1. The molecule has 7 heteroatoms. The maximum Gasteiger partial charge on any atom is 0.273 e. The summed E-state index contributed by atoms with van der Waals surface area (Å²) in [6, 6.07) is 3.40. The molecule has 104 valence electrons. The van der Waals surface area contributed by atoms with E-state index in [-0.39, 0.29) is 29.6 Å². The lowest BCUT2D eigenvalue weighted by Crippen LogP contribution is -2.37. The highest BCUT2D eigenvalue weighted by molar-refractivity contribution is 5.97. The van der Waals surface area contributed by atoms with E-state index < -0.39 is 10.8 Å². The highest BCUT2D eigenvalue weighted by atomic mass is 16.6. The van der Waals surface area contributed by atoms with Gasteiger partial charge < -0.3 is 15.2 Å². The van der Waals surface area contributed by atoms with E-state index in [1.165, 1.54) is 25.3 Å². The SMILES string of the molecule is CC[C@@H](CO)NC(=O)c1ccc([N+](=O)[O-])cc1OC. The topological polar surface area (TPSA) is 102 Å². The third-order valence-corrected chi connectivity index (χ3v) is 2.69. The van der Waals surface area contributed by atoms with Gasteiger partial charge in [-0.25, -0.2) is 0 Å². The van der Waals surface area contributed by atoms with Crippen molar-refractivity contribution < 1.29 is 19.6 Å². The summed E-state index contributed by atoms with van der Waals surface area (Å²) in [5.74, 6) is -0.313. The van der Waals surface area contributed by atoms with Gasteiger partial charge in [-0.2, -0.15) is 0 Å². The first-order chi connectivity index (χ1) is 9.03. The van der Waals surface area contributed by atoms with Crippen molar-refractivity contribution in [3.63, 3.8) is 0 Å². The van der Waals surface area contributed by atoms with Gasteiger partial charge in [0.15, 0.2) is 0 Å². The van der Waals surface area contributed by atoms with E-state index in [2.05, 4.69) is 5.32 Å². The zero-order chi connectivity index (χ0) is 14.4. The molecular formula is C12H16N2O5. The zero-order valence-electron chi connectivity index (χ0n) is 10.8. The van der Waals surface area contributed by atoms with E-state index >= 15 is 0 Å². The van der Waals surface area contributed by atoms with Crippen LogP contribution in [0.2, 0.25) is 0 Å². The number of carbonyl (C=O) groups is 1. The average molecular weight is 268 g/mol. The van der Waals surface area contributed by atoms with E-state index in [1.54, 1.807) is 0 Å². The van der Waals surface area contributed by atoms with Gasteiger partial charge in [0, 0.05) is 6.07 Å². The molecule has 1 aromatic rings. The molecule has 0 fully saturated rings. The molecule has 0 aliphatic rings. The van der Waals surface area contributed by atoms with Crippen molar-refractivity contribution >= 4 is 11.6 Å². The number of nitro benzene ring substituents is 1. The molecule has 0 spiro atoms. The van der Waals surface area contributed by atoms with E-state index in [1.807, 2.05) is 6.92 Å². The third-order valence-electron chi connectivity index (χ3n) is 2.69. The molecule has 2 N–H and O–H groups in total. The molecule has 1 amide bonds. The summed E-state index contributed by atoms with van der Waals surface area (Å²) in [7, 11) is 1.33. The number of hydrogen-bond donors (Lipinski definition) is 2. The zero-order valence-corrected chi connectivity index (χ0v) is 10.8. The summed E-state index contributed by atoms with van der Waals surface area (Å²) in [5.41, 5.74) is 0.0441. The number of hydrogen-bond acceptors (Lipinski definition) is 5. The quantitative estimate of drug-likeness (QED) is 0.594. The molecule has 1 aromatic carbocycles. The molecule has 0 bridgehead atoms. The van der Waals surface area contributed by atoms with E-state index in [9.17, 15) is 14.9 Å². The second-order valence-corrected chi connectivity index (χ2v) is 3.90. The second kappa shape index (κ2) is 6.69. The molecule has 7 nitrogen and oxygen atoms in total. The minimum Gasteiger partial charge on any atom is -0.496 e. The van der Waals surface area contributed by atoms with Crippen LogP contribution in [0.1, 0.15) is 23.7 Å². The Bertz CT molecular complexity index is 471. The first-order valence-corrected chi connectivity index (χ1v) is 5.77. The Labute approximate surface area is 110 Å². The molecule has 0 saturated heterocycles. The monoisotopic (exact) mass is 268 g/mol. The van der Waals surface area contributed by atoms with Crippen LogP contribution in [0.4, 0.5) is 5.69 Å². The number of rotatable bonds is 6. The average Bonchev–Trinajstić information content (AvgIpc) is 2.43. The van der Waals surface area contributed by atoms with Gasteiger partial charge in [0.1, 0.15) is 5.75 Å². The van der Waals surface area contributed by atoms with Gasteiger partial charge in [0.05, 0.1) is 36.3 Å². The van der Waals surface area contributed by atoms with E-state index in [4.69, 9.17) is 9.84 Å². The molecule has 0 radical (unpaired) electrons. The number of methoxy groups -OCH3 is 1. The molecule has 0 saturated carbocycles. The van der Waals surface area contributed by atoms with Crippen LogP contribution in [0.25, 0.3) is 0 Å². The molecular weight excluding hydrogens is 252 g/mol. The fourth-order valence-electron chi connectivity index (χ4n) is 1.52. The van der Waals surface area contributed by atoms with Crippen molar-refractivity contribution in [2.45, 2.75) is 19.4 Å². The summed E-state index contributed by atoms with van der Waals surface area (Å²) in [6.07, 6.45) is 0.581. The fraction of sp³-hybridized carbons (Fsp3) is 0.417. The minimum atomic E-state index is -0.563. The maximum atomic E-state index is 12.0. The molecule has 0 aliphatic carbocycles. The number of nitro groups is 1. The van der Waals surface area contributed by atoms with E-state index in [0.717, 1.165) is 0 Å². The lowest BCUT2D eigenvalue weighted by Gasteiger charge is -2.15. The number of aliphatic hydroxyl groups is 1. The lowest BCUT2D eigenvalue weighted by molar-refractivity contribution is -0.384. The van der Waals surface area contributed by atoms with Crippen molar-refractivity contribution in [1.29, 1.82) is 0 Å². The Morgan fingerprint density at radius 2 is 2.26 bits per heavy atom. The number of carbonyl (C=O) groups excluding carboxylic acids is 1. The first-order valence-electron chi connectivity index (χ1n) is 5.77. The van der Waals surface area contributed by atoms with Gasteiger partial charge >= 0.3 is 0 Å². The highest BCUT2D eigenvalue weighted by Gasteiger charge is 2.18. The van der Waals surface area contributed by atoms with Gasteiger partial charge in [-0.05, 0) is 12.5 Å². The Hall–Kier alpha value is -2.15. The second-order valence-electron chi connectivity index (χ2n) is 3.90. The van der Waals surface area contributed by atoms with Crippen LogP contribution in [0, 0.1) is 10.1 Å². The fourth-order valence-corrected chi connectivity index (χ4v) is 1.52. The normalized spacial score (nSPS) is 11.7. The molecule has 1 atom stereocenters. The van der Waals surface area contributed by atoms with Gasteiger partial charge in [-0.3, -0.25) is 14.9 Å². The van der Waals surface area contributed by atoms with Crippen LogP contribution in [0.5, 0.6) is 5.75 Å². The van der Waals surface area contributed by atoms with Crippen LogP contribution in [0.15, 0.2) is 18.2 Å². The summed E-state index contributed by atoms with van der Waals surface area (Å²) in [6.45, 7) is 1.66. The maximum absolute atomic E-state index is 12.0. The van der Waals surface area contributed by atoms with Crippen LogP contribution in [0.3, 0.4) is 0 Å². The van der Waals surface area contributed by atoms with Crippen molar-refractivity contribution in [2.24, 2.45) is 0 Å². The largest absolute Gasteiger partial charge is 0.496 e. The number of ether oxygens (including phenoxy) is 1. The molecule has 0 unspecified atom stereocenters. The first kappa shape index (κ1) is 14.9. The predicted molar refractivity (Wildman–Crippen MR) is 68.3 cm³/mol. The van der Waals surface area contributed by atoms with Gasteiger partial charge in [-0.15, -0.1) is 0 Å². The van der Waals surface area contributed by atoms with Crippen molar-refractivity contribution in [3.8, 4) is 5.75 Å². The Morgan fingerprint density at radius 3 is 2.74 bits per heavy atom. The van der Waals surface area contributed by atoms with Crippen LogP contribution in [-0.4, -0.2) is 35.7 Å². The van der Waals surface area contributed by atoms with E-state index in [0.29, 0.717) is 6.42 Å². The summed E-state index contributed by atoms with van der Waals surface area (Å²) < 4.78 is 4.98. The Balaban J connectivity index is 2.99. The molecule has 0 aromatic heterocycles. The Morgan fingerprint density at radius 1 is 1.58 bits per heavy atom. The molecule has 0 heterocycles. The number of benzene rings is 1. The van der Waals surface area contributed by atoms with Crippen molar-refractivity contribution in [1.82, 2.24) is 5.32 Å². The summed E-state index contributed by atoms with van der Waals surface area (Å²) >= 11 is 0. The van der Waals surface area contributed by atoms with Gasteiger partial charge in [0.25, 0.3) is 11.6 Å². The lowest BCUT2D eigenvalue weighted by atomic mass is 10.1. The highest BCUT2D eigenvalue weighted by Crippen LogP contribution is 2.24. The molecule has 0 aliphatic heterocycles. The number of aliphatic hydroxyl groups excluding tert-OH is 1. The van der Waals surface area contributed by atoms with Crippen molar-refractivity contribution in [2.75, 3.05) is 13.7 Å². The summed E-state index contributed by atoms with van der Waals surface area (Å²) in [4.78, 5) is 22.0. The predicted octanol–water partition coefficient (Wildman–Crippen LogP) is 1.10. The van der Waals surface area contributed by atoms with Crippen LogP contribution < -0.4 is 10.1 Å². The number of non-ortho nitro benzene ring substituents is 1. The Kier molecular flexibility index (Phi) is 5.25. The smallest absolute Gasteiger partial charge is 0.273 e. The van der Waals surface area contributed by atoms with Gasteiger partial charge in [-0.1, -0.05) is 6.92 Å². The van der Waals surface area contributed by atoms with Gasteiger partial charge in [0.2, 0.25) is 0 Å². The number of amides is 1. The third kappa shape index (κ3) is 3.65.